The predicted octanol–water partition coefficient (Wildman–Crippen LogP) is 1.26. The largest absolute Gasteiger partial charge is 0.343 e. The third kappa shape index (κ3) is 3.01. The zero-order valence-electron chi connectivity index (χ0n) is 13.9. The fourth-order valence-electron chi connectivity index (χ4n) is 2.65. The van der Waals surface area contributed by atoms with Gasteiger partial charge in [-0.1, -0.05) is 25.9 Å². The number of amides is 1. The van der Waals surface area contributed by atoms with E-state index < -0.39 is 15.4 Å². The van der Waals surface area contributed by atoms with Crippen molar-refractivity contribution in [3.63, 3.8) is 0 Å². The predicted molar refractivity (Wildman–Crippen MR) is 83.2 cm³/mol. The van der Waals surface area contributed by atoms with Gasteiger partial charge in [0.25, 0.3) is 15.1 Å². The van der Waals surface area contributed by atoms with Gasteiger partial charge < -0.3 is 9.42 Å². The van der Waals surface area contributed by atoms with Gasteiger partial charge in [-0.3, -0.25) is 4.79 Å². The Bertz CT molecular complexity index is 730. The lowest BCUT2D eigenvalue weighted by Gasteiger charge is -2.47. The molecule has 23 heavy (non-hydrogen) atoms. The Balaban J connectivity index is 1.65. The van der Waals surface area contributed by atoms with Gasteiger partial charge >= 0.3 is 0 Å². The summed E-state index contributed by atoms with van der Waals surface area (Å²) in [5, 5.41) is 3.61. The summed E-state index contributed by atoms with van der Waals surface area (Å²) < 4.78 is 32.1. The maximum atomic E-state index is 12.3. The molecule has 0 spiro atoms. The Hall–Kier alpha value is -1.41. The Morgan fingerprint density at radius 3 is 2.57 bits per heavy atom. The molecule has 2 fully saturated rings. The Morgan fingerprint density at radius 2 is 2.09 bits per heavy atom. The second-order valence-corrected chi connectivity index (χ2v) is 9.53. The summed E-state index contributed by atoms with van der Waals surface area (Å²) in [6.45, 7) is 8.24. The minimum absolute atomic E-state index is 0.0238. The number of hydrogen-bond donors (Lipinski definition) is 1. The van der Waals surface area contributed by atoms with Gasteiger partial charge in [0, 0.05) is 30.6 Å². The van der Waals surface area contributed by atoms with Crippen molar-refractivity contribution in [2.75, 3.05) is 13.1 Å². The maximum Gasteiger partial charge on any atom is 0.276 e. The number of nitrogens with zero attached hydrogens (tertiary/aromatic N) is 2. The van der Waals surface area contributed by atoms with Crippen LogP contribution in [-0.2, 0) is 20.2 Å². The third-order valence-corrected chi connectivity index (χ3v) is 5.70. The molecular weight excluding hydrogens is 318 g/mol. The van der Waals surface area contributed by atoms with Crippen LogP contribution in [0.4, 0.5) is 0 Å². The first-order valence-electron chi connectivity index (χ1n) is 7.81. The monoisotopic (exact) mass is 341 g/mol. The van der Waals surface area contributed by atoms with Crippen LogP contribution in [0.15, 0.2) is 15.7 Å². The highest BCUT2D eigenvalue weighted by Crippen LogP contribution is 2.40. The number of likely N-dealkylation sites (tertiary alicyclic amines) is 1. The van der Waals surface area contributed by atoms with Crippen LogP contribution in [0.1, 0.15) is 46.2 Å². The van der Waals surface area contributed by atoms with Gasteiger partial charge in [-0.2, -0.15) is 0 Å². The molecule has 1 aromatic heterocycles. The molecule has 1 saturated heterocycles. The minimum atomic E-state index is -3.80. The molecule has 1 amide bonds. The molecule has 0 bridgehead atoms. The average molecular weight is 341 g/mol. The first kappa shape index (κ1) is 16.4. The van der Waals surface area contributed by atoms with E-state index in [-0.39, 0.29) is 23.0 Å². The van der Waals surface area contributed by atoms with Gasteiger partial charge in [0.1, 0.15) is 0 Å². The molecule has 1 unspecified atom stereocenters. The molecule has 1 atom stereocenters. The van der Waals surface area contributed by atoms with Gasteiger partial charge in [0.2, 0.25) is 5.91 Å². The highest BCUT2D eigenvalue weighted by Gasteiger charge is 2.53. The molecular formula is C15H23N3O4S. The van der Waals surface area contributed by atoms with E-state index in [1.807, 2.05) is 25.7 Å². The highest BCUT2D eigenvalue weighted by molar-refractivity contribution is 7.89. The van der Waals surface area contributed by atoms with Crippen LogP contribution in [0.3, 0.4) is 0 Å². The van der Waals surface area contributed by atoms with Gasteiger partial charge in [-0.05, 0) is 19.8 Å². The number of sulfonamides is 1. The van der Waals surface area contributed by atoms with E-state index in [9.17, 15) is 13.2 Å². The third-order valence-electron chi connectivity index (χ3n) is 4.46. The number of nitrogens with one attached hydrogen (secondary N) is 1. The lowest BCUT2D eigenvalue weighted by molar-refractivity contribution is -0.158. The zero-order chi connectivity index (χ0) is 17.0. The van der Waals surface area contributed by atoms with Gasteiger partial charge in [0.05, 0.1) is 11.1 Å². The van der Waals surface area contributed by atoms with Crippen LogP contribution in [0.2, 0.25) is 0 Å². The average Bonchev–Trinajstić information content (AvgIpc) is 3.14. The molecule has 1 aliphatic carbocycles. The topological polar surface area (TPSA) is 92.5 Å². The fraction of sp³-hybridized carbons (Fsp3) is 0.733. The molecule has 3 rings (SSSR count). The van der Waals surface area contributed by atoms with E-state index in [1.54, 1.807) is 6.92 Å². The molecule has 0 radical (unpaired) electrons. The van der Waals surface area contributed by atoms with Gasteiger partial charge in [-0.15, -0.1) is 0 Å². The van der Waals surface area contributed by atoms with Crippen LogP contribution >= 0.6 is 0 Å². The SMILES string of the molecule is CC1(CNS(=O)(=O)c2cc(C(C)(C)C)no2)CN(C2CC2)C1=O. The van der Waals surface area contributed by atoms with Crippen LogP contribution in [0, 0.1) is 5.41 Å². The molecule has 1 aliphatic heterocycles. The number of aromatic nitrogens is 1. The van der Waals surface area contributed by atoms with Crippen LogP contribution < -0.4 is 4.72 Å². The molecule has 1 N–H and O–H groups in total. The molecule has 128 valence electrons. The summed E-state index contributed by atoms with van der Waals surface area (Å²) in [5.74, 6) is 0.0238. The van der Waals surface area contributed by atoms with Crippen molar-refractivity contribution >= 4 is 15.9 Å². The lowest BCUT2D eigenvalue weighted by Crippen LogP contribution is -2.64. The maximum absolute atomic E-state index is 12.3. The van der Waals surface area contributed by atoms with Crippen molar-refractivity contribution in [2.24, 2.45) is 5.41 Å². The Morgan fingerprint density at radius 1 is 1.43 bits per heavy atom. The number of β-lactam (4-membered cyclic amide) rings is 1. The van der Waals surface area contributed by atoms with Crippen molar-refractivity contribution < 1.29 is 17.7 Å². The smallest absolute Gasteiger partial charge is 0.276 e. The van der Waals surface area contributed by atoms with E-state index in [0.29, 0.717) is 18.3 Å². The lowest BCUT2D eigenvalue weighted by atomic mass is 9.81. The summed E-state index contributed by atoms with van der Waals surface area (Å²) in [6.07, 6.45) is 2.11. The molecule has 2 aliphatic rings. The van der Waals surface area contributed by atoms with Crippen molar-refractivity contribution in [1.82, 2.24) is 14.8 Å². The number of rotatable bonds is 5. The number of carbonyl (C=O) groups excluding carboxylic acids is 1. The highest BCUT2D eigenvalue weighted by atomic mass is 32.2. The van der Waals surface area contributed by atoms with E-state index in [2.05, 4.69) is 9.88 Å². The molecule has 1 aromatic rings. The molecule has 8 heteroatoms. The summed E-state index contributed by atoms with van der Waals surface area (Å²) in [5.41, 5.74) is -0.385. The van der Waals surface area contributed by atoms with Gasteiger partial charge in [-0.25, -0.2) is 13.1 Å². The van der Waals surface area contributed by atoms with Crippen molar-refractivity contribution in [1.29, 1.82) is 0 Å². The summed E-state index contributed by atoms with van der Waals surface area (Å²) in [6, 6.07) is 1.81. The van der Waals surface area contributed by atoms with E-state index in [4.69, 9.17) is 4.52 Å². The second kappa shape index (κ2) is 5.04. The van der Waals surface area contributed by atoms with E-state index >= 15 is 0 Å². The van der Waals surface area contributed by atoms with E-state index in [0.717, 1.165) is 12.8 Å². The molecule has 1 saturated carbocycles. The first-order chi connectivity index (χ1) is 10.5. The Kier molecular flexibility index (Phi) is 3.61. The van der Waals surface area contributed by atoms with Crippen molar-refractivity contribution in [2.45, 2.75) is 57.1 Å². The number of carbonyl (C=O) groups is 1. The van der Waals surface area contributed by atoms with Crippen LogP contribution in [0.25, 0.3) is 0 Å². The summed E-state index contributed by atoms with van der Waals surface area (Å²) in [7, 11) is -3.80. The zero-order valence-corrected chi connectivity index (χ0v) is 14.7. The van der Waals surface area contributed by atoms with Gasteiger partial charge in [0.15, 0.2) is 0 Å². The van der Waals surface area contributed by atoms with Crippen LogP contribution in [0.5, 0.6) is 0 Å². The van der Waals surface area contributed by atoms with Crippen LogP contribution in [-0.4, -0.2) is 43.5 Å². The summed E-state index contributed by atoms with van der Waals surface area (Å²) >= 11 is 0. The first-order valence-corrected chi connectivity index (χ1v) is 9.29. The molecule has 0 aromatic carbocycles. The minimum Gasteiger partial charge on any atom is -0.343 e. The second-order valence-electron chi connectivity index (χ2n) is 7.83. The van der Waals surface area contributed by atoms with Crippen molar-refractivity contribution in [3.8, 4) is 0 Å². The van der Waals surface area contributed by atoms with E-state index in [1.165, 1.54) is 6.07 Å². The quantitative estimate of drug-likeness (QED) is 0.814. The standard InChI is InChI=1S/C15H23N3O4S/c1-14(2,3)11-7-12(22-17-11)23(20,21)16-8-15(4)9-18(13(15)19)10-5-6-10/h7,10,16H,5-6,8-9H2,1-4H3. The summed E-state index contributed by atoms with van der Waals surface area (Å²) in [4.78, 5) is 14.0. The molecule has 2 heterocycles. The normalized spacial score (nSPS) is 25.6. The fourth-order valence-corrected chi connectivity index (χ4v) is 3.70. The number of hydrogen-bond acceptors (Lipinski definition) is 5. The molecule has 7 nitrogen and oxygen atoms in total. The Labute approximate surface area is 136 Å². The van der Waals surface area contributed by atoms with Crippen molar-refractivity contribution in [3.05, 3.63) is 11.8 Å².